The van der Waals surface area contributed by atoms with Crippen molar-refractivity contribution in [1.82, 2.24) is 5.43 Å². The van der Waals surface area contributed by atoms with E-state index >= 15 is 0 Å². The van der Waals surface area contributed by atoms with Crippen LogP contribution < -0.4 is 25.4 Å². The number of hydrazone groups is 1. The summed E-state index contributed by atoms with van der Waals surface area (Å²) in [5.41, 5.74) is 8.89. The van der Waals surface area contributed by atoms with Crippen LogP contribution in [0, 0.1) is 0 Å². The number of esters is 1. The number of nitrogens with zero attached hydrogens (tertiary/aromatic N) is 1. The SMILES string of the molecule is CCOc1cc(C=NNC(N)=S)ccc1OC(=O)c1ccc(OC)cc1. The first-order valence-corrected chi connectivity index (χ1v) is 8.16. The van der Waals surface area contributed by atoms with Gasteiger partial charge in [0, 0.05) is 0 Å². The smallest absolute Gasteiger partial charge is 0.343 e. The van der Waals surface area contributed by atoms with E-state index in [1.54, 1.807) is 49.6 Å². The number of rotatable bonds is 7. The number of thiocarbonyl (C=S) groups is 1. The Kier molecular flexibility index (Phi) is 6.92. The zero-order chi connectivity index (χ0) is 18.9. The number of nitrogens with two attached hydrogens (primary N) is 1. The van der Waals surface area contributed by atoms with Gasteiger partial charge >= 0.3 is 5.97 Å². The first kappa shape index (κ1) is 19.2. The summed E-state index contributed by atoms with van der Waals surface area (Å²) in [5, 5.41) is 3.95. The molecule has 7 nitrogen and oxygen atoms in total. The topological polar surface area (TPSA) is 95.2 Å². The fourth-order valence-corrected chi connectivity index (χ4v) is 2.07. The molecule has 0 aromatic heterocycles. The molecule has 0 fully saturated rings. The van der Waals surface area contributed by atoms with Crippen LogP contribution in [0.1, 0.15) is 22.8 Å². The van der Waals surface area contributed by atoms with E-state index in [-0.39, 0.29) is 5.11 Å². The molecule has 0 atom stereocenters. The lowest BCUT2D eigenvalue weighted by Gasteiger charge is -2.11. The molecule has 0 radical (unpaired) electrons. The van der Waals surface area contributed by atoms with E-state index in [1.807, 2.05) is 6.92 Å². The summed E-state index contributed by atoms with van der Waals surface area (Å²) < 4.78 is 16.1. The minimum atomic E-state index is -0.495. The second kappa shape index (κ2) is 9.38. The Bertz CT molecular complexity index is 807. The average molecular weight is 373 g/mol. The number of methoxy groups -OCH3 is 1. The van der Waals surface area contributed by atoms with Gasteiger partial charge in [-0.1, -0.05) is 0 Å². The standard InChI is InChI=1S/C18H19N3O4S/c1-3-24-16-10-12(11-20-21-18(19)26)4-9-15(16)25-17(22)13-5-7-14(23-2)8-6-13/h4-11H,3H2,1-2H3,(H3,19,21,26). The van der Waals surface area contributed by atoms with E-state index in [9.17, 15) is 4.79 Å². The Morgan fingerprint density at radius 2 is 1.96 bits per heavy atom. The molecule has 2 aromatic carbocycles. The molecule has 26 heavy (non-hydrogen) atoms. The van der Waals surface area contributed by atoms with Crippen LogP contribution in [0.2, 0.25) is 0 Å². The van der Waals surface area contributed by atoms with E-state index in [0.717, 1.165) is 5.56 Å². The molecule has 2 rings (SSSR count). The van der Waals surface area contributed by atoms with Crippen molar-refractivity contribution in [3.63, 3.8) is 0 Å². The highest BCUT2D eigenvalue weighted by Gasteiger charge is 2.13. The van der Waals surface area contributed by atoms with Crippen LogP contribution in [0.3, 0.4) is 0 Å². The van der Waals surface area contributed by atoms with Crippen LogP contribution in [-0.4, -0.2) is 31.0 Å². The van der Waals surface area contributed by atoms with Crippen molar-refractivity contribution in [2.75, 3.05) is 13.7 Å². The third-order valence-corrected chi connectivity index (χ3v) is 3.28. The summed E-state index contributed by atoms with van der Waals surface area (Å²) in [6, 6.07) is 11.7. The van der Waals surface area contributed by atoms with Gasteiger partial charge in [0.2, 0.25) is 0 Å². The summed E-state index contributed by atoms with van der Waals surface area (Å²) in [6.45, 7) is 2.25. The molecule has 0 saturated carbocycles. The fourth-order valence-electron chi connectivity index (χ4n) is 2.01. The molecule has 136 valence electrons. The number of benzene rings is 2. The molecule has 8 heteroatoms. The Balaban J connectivity index is 2.17. The van der Waals surface area contributed by atoms with Gasteiger partial charge in [-0.15, -0.1) is 0 Å². The molecule has 0 bridgehead atoms. The maximum absolute atomic E-state index is 12.3. The fraction of sp³-hybridized carbons (Fsp3) is 0.167. The van der Waals surface area contributed by atoms with Crippen molar-refractivity contribution in [3.05, 3.63) is 53.6 Å². The van der Waals surface area contributed by atoms with Crippen LogP contribution >= 0.6 is 12.2 Å². The van der Waals surface area contributed by atoms with Gasteiger partial charge in [0.15, 0.2) is 16.6 Å². The highest BCUT2D eigenvalue weighted by atomic mass is 32.1. The lowest BCUT2D eigenvalue weighted by Crippen LogP contribution is -2.23. The van der Waals surface area contributed by atoms with Crippen LogP contribution in [0.25, 0.3) is 0 Å². The largest absolute Gasteiger partial charge is 0.497 e. The van der Waals surface area contributed by atoms with Crippen molar-refractivity contribution in [2.45, 2.75) is 6.92 Å². The minimum Gasteiger partial charge on any atom is -0.497 e. The zero-order valence-corrected chi connectivity index (χ0v) is 15.2. The third-order valence-electron chi connectivity index (χ3n) is 3.18. The first-order valence-electron chi connectivity index (χ1n) is 7.75. The summed E-state index contributed by atoms with van der Waals surface area (Å²) in [6.07, 6.45) is 1.52. The molecule has 0 heterocycles. The lowest BCUT2D eigenvalue weighted by atomic mass is 10.2. The second-order valence-electron chi connectivity index (χ2n) is 4.99. The molecule has 3 N–H and O–H groups in total. The molecule has 0 aliphatic heterocycles. The number of carbonyl (C=O) groups excluding carboxylic acids is 1. The monoisotopic (exact) mass is 373 g/mol. The predicted octanol–water partition coefficient (Wildman–Crippen LogP) is 2.48. The molecule has 0 amide bonds. The molecule has 0 aliphatic carbocycles. The van der Waals surface area contributed by atoms with Crippen LogP contribution in [-0.2, 0) is 0 Å². The van der Waals surface area contributed by atoms with Gasteiger partial charge < -0.3 is 19.9 Å². The molecule has 0 saturated heterocycles. The summed E-state index contributed by atoms with van der Waals surface area (Å²) in [7, 11) is 1.56. The Morgan fingerprint density at radius 1 is 1.23 bits per heavy atom. The van der Waals surface area contributed by atoms with E-state index in [2.05, 4.69) is 22.7 Å². The van der Waals surface area contributed by atoms with E-state index in [1.165, 1.54) is 6.21 Å². The van der Waals surface area contributed by atoms with Crippen LogP contribution in [0.4, 0.5) is 0 Å². The summed E-state index contributed by atoms with van der Waals surface area (Å²) >= 11 is 4.67. The molecule has 0 aliphatic rings. The van der Waals surface area contributed by atoms with Gasteiger partial charge in [-0.25, -0.2) is 4.79 Å². The summed E-state index contributed by atoms with van der Waals surface area (Å²) in [5.74, 6) is 0.900. The second-order valence-corrected chi connectivity index (χ2v) is 5.43. The molecule has 0 spiro atoms. The van der Waals surface area contributed by atoms with Crippen LogP contribution in [0.15, 0.2) is 47.6 Å². The lowest BCUT2D eigenvalue weighted by molar-refractivity contribution is 0.0728. The van der Waals surface area contributed by atoms with Gasteiger partial charge in [0.05, 0.1) is 25.5 Å². The van der Waals surface area contributed by atoms with E-state index < -0.39 is 5.97 Å². The van der Waals surface area contributed by atoms with Crippen LogP contribution in [0.5, 0.6) is 17.2 Å². The quantitative estimate of drug-likeness (QED) is 0.253. The number of ether oxygens (including phenoxy) is 3. The number of nitrogens with one attached hydrogen (secondary N) is 1. The van der Waals surface area contributed by atoms with Crippen molar-refractivity contribution in [2.24, 2.45) is 10.8 Å². The van der Waals surface area contributed by atoms with Crippen molar-refractivity contribution >= 4 is 29.5 Å². The number of carbonyl (C=O) groups is 1. The normalized spacial score (nSPS) is 10.4. The Hall–Kier alpha value is -3.13. The number of hydrogen-bond acceptors (Lipinski definition) is 6. The van der Waals surface area contributed by atoms with Crippen molar-refractivity contribution < 1.29 is 19.0 Å². The Morgan fingerprint density at radius 3 is 2.58 bits per heavy atom. The van der Waals surface area contributed by atoms with Crippen molar-refractivity contribution in [3.8, 4) is 17.2 Å². The average Bonchev–Trinajstić information content (AvgIpc) is 2.63. The van der Waals surface area contributed by atoms with Gasteiger partial charge in [-0.05, 0) is 67.2 Å². The predicted molar refractivity (Wildman–Crippen MR) is 103 cm³/mol. The van der Waals surface area contributed by atoms with Gasteiger partial charge in [-0.2, -0.15) is 5.10 Å². The first-order chi connectivity index (χ1) is 12.5. The highest BCUT2D eigenvalue weighted by Crippen LogP contribution is 2.29. The summed E-state index contributed by atoms with van der Waals surface area (Å²) in [4.78, 5) is 12.3. The Labute approximate surface area is 156 Å². The molecule has 0 unspecified atom stereocenters. The molecular weight excluding hydrogens is 354 g/mol. The maximum Gasteiger partial charge on any atom is 0.343 e. The maximum atomic E-state index is 12.3. The van der Waals surface area contributed by atoms with Gasteiger partial charge in [0.1, 0.15) is 5.75 Å². The number of hydrogen-bond donors (Lipinski definition) is 2. The van der Waals surface area contributed by atoms with E-state index in [4.69, 9.17) is 19.9 Å². The highest BCUT2D eigenvalue weighted by molar-refractivity contribution is 7.80. The van der Waals surface area contributed by atoms with E-state index in [0.29, 0.717) is 29.4 Å². The van der Waals surface area contributed by atoms with Gasteiger partial charge in [0.25, 0.3) is 0 Å². The van der Waals surface area contributed by atoms with Gasteiger partial charge in [-0.3, -0.25) is 5.43 Å². The third kappa shape index (κ3) is 5.45. The minimum absolute atomic E-state index is 0.0660. The molecular formula is C18H19N3O4S. The zero-order valence-electron chi connectivity index (χ0n) is 14.4. The molecule has 2 aromatic rings. The van der Waals surface area contributed by atoms with Crippen molar-refractivity contribution in [1.29, 1.82) is 0 Å².